The van der Waals surface area contributed by atoms with Crippen LogP contribution in [0.5, 0.6) is 5.75 Å². The molecular weight excluding hydrogens is 354 g/mol. The summed E-state index contributed by atoms with van der Waals surface area (Å²) in [7, 11) is 0. The lowest BCUT2D eigenvalue weighted by Gasteiger charge is -2.16. The van der Waals surface area contributed by atoms with Crippen LogP contribution in [0.4, 0.5) is 18.9 Å². The highest BCUT2D eigenvalue weighted by Gasteiger charge is 2.20. The number of carbonyl (C=O) groups excluding carboxylic acids is 1. The van der Waals surface area contributed by atoms with Crippen molar-refractivity contribution >= 4 is 34.8 Å². The van der Waals surface area contributed by atoms with Gasteiger partial charge in [0, 0.05) is 5.02 Å². The number of ether oxygens (including phenoxy) is 1. The number of hydrogen-bond acceptors (Lipinski definition) is 2. The lowest BCUT2D eigenvalue weighted by atomic mass is 10.2. The summed E-state index contributed by atoms with van der Waals surface area (Å²) in [5.41, 5.74) is -0.494. The molecule has 1 amide bonds. The third kappa shape index (κ3) is 4.09. The number of nitrogens with one attached hydrogen (secondary N) is 1. The van der Waals surface area contributed by atoms with Gasteiger partial charge in [-0.15, -0.1) is 0 Å². The van der Waals surface area contributed by atoms with E-state index in [2.05, 4.69) is 5.32 Å². The largest absolute Gasteiger partial charge is 0.479 e. The lowest BCUT2D eigenvalue weighted by Crippen LogP contribution is -2.30. The van der Waals surface area contributed by atoms with Gasteiger partial charge in [-0.2, -0.15) is 0 Å². The first-order valence-electron chi connectivity index (χ1n) is 6.35. The number of amides is 1. The van der Waals surface area contributed by atoms with Crippen molar-refractivity contribution in [2.75, 3.05) is 5.32 Å². The Morgan fingerprint density at radius 1 is 1.13 bits per heavy atom. The second-order valence-electron chi connectivity index (χ2n) is 4.55. The van der Waals surface area contributed by atoms with E-state index in [1.54, 1.807) is 0 Å². The van der Waals surface area contributed by atoms with Crippen LogP contribution in [0.2, 0.25) is 10.0 Å². The molecule has 2 aromatic rings. The number of hydrogen-bond donors (Lipinski definition) is 1. The first-order valence-corrected chi connectivity index (χ1v) is 7.11. The second kappa shape index (κ2) is 7.10. The van der Waals surface area contributed by atoms with Crippen molar-refractivity contribution in [2.45, 2.75) is 13.0 Å². The fourth-order valence-electron chi connectivity index (χ4n) is 1.67. The summed E-state index contributed by atoms with van der Waals surface area (Å²) in [5, 5.41) is 2.70. The number of rotatable bonds is 4. The van der Waals surface area contributed by atoms with Gasteiger partial charge in [0.1, 0.15) is 5.75 Å². The minimum atomic E-state index is -1.67. The summed E-state index contributed by atoms with van der Waals surface area (Å²) in [5.74, 6) is -5.07. The number of halogens is 5. The molecule has 0 aliphatic rings. The smallest absolute Gasteiger partial charge is 0.265 e. The SMILES string of the molecule is CC(Oc1ccc(Cl)cc1Cl)C(=O)Nc1ccc(F)c(F)c1F. The van der Waals surface area contributed by atoms with Gasteiger partial charge in [0.15, 0.2) is 23.6 Å². The third-order valence-electron chi connectivity index (χ3n) is 2.86. The number of carbonyl (C=O) groups is 1. The first-order chi connectivity index (χ1) is 10.8. The number of benzene rings is 2. The van der Waals surface area contributed by atoms with Gasteiger partial charge >= 0.3 is 0 Å². The summed E-state index contributed by atoms with van der Waals surface area (Å²) in [6.45, 7) is 1.39. The number of anilines is 1. The molecule has 0 heterocycles. The van der Waals surface area contributed by atoms with E-state index in [9.17, 15) is 18.0 Å². The van der Waals surface area contributed by atoms with Crippen molar-refractivity contribution in [3.8, 4) is 5.75 Å². The van der Waals surface area contributed by atoms with Gasteiger partial charge in [-0.25, -0.2) is 13.2 Å². The minimum absolute atomic E-state index is 0.191. The molecule has 0 saturated heterocycles. The van der Waals surface area contributed by atoms with Crippen molar-refractivity contribution in [2.24, 2.45) is 0 Å². The molecule has 3 nitrogen and oxygen atoms in total. The monoisotopic (exact) mass is 363 g/mol. The molecule has 8 heteroatoms. The van der Waals surface area contributed by atoms with E-state index in [1.807, 2.05) is 0 Å². The van der Waals surface area contributed by atoms with E-state index in [1.165, 1.54) is 25.1 Å². The Morgan fingerprint density at radius 3 is 2.48 bits per heavy atom. The lowest BCUT2D eigenvalue weighted by molar-refractivity contribution is -0.122. The summed E-state index contributed by atoms with van der Waals surface area (Å²) in [6, 6.07) is 6.02. The van der Waals surface area contributed by atoms with E-state index in [0.29, 0.717) is 11.1 Å². The molecule has 0 spiro atoms. The third-order valence-corrected chi connectivity index (χ3v) is 3.39. The normalized spacial score (nSPS) is 11.9. The molecule has 0 radical (unpaired) electrons. The minimum Gasteiger partial charge on any atom is -0.479 e. The van der Waals surface area contributed by atoms with Gasteiger partial charge in [-0.05, 0) is 37.3 Å². The second-order valence-corrected chi connectivity index (χ2v) is 5.39. The van der Waals surface area contributed by atoms with E-state index >= 15 is 0 Å². The summed E-state index contributed by atoms with van der Waals surface area (Å²) in [4.78, 5) is 12.0. The van der Waals surface area contributed by atoms with Gasteiger partial charge in [0.05, 0.1) is 10.7 Å². The maximum atomic E-state index is 13.5. The fourth-order valence-corrected chi connectivity index (χ4v) is 2.12. The summed E-state index contributed by atoms with van der Waals surface area (Å²) < 4.78 is 44.8. The average Bonchev–Trinajstić information content (AvgIpc) is 2.50. The zero-order chi connectivity index (χ0) is 17.1. The molecule has 1 atom stereocenters. The predicted molar refractivity (Wildman–Crippen MR) is 81.5 cm³/mol. The van der Waals surface area contributed by atoms with Gasteiger partial charge in [0.25, 0.3) is 5.91 Å². The predicted octanol–water partition coefficient (Wildman–Crippen LogP) is 4.82. The molecule has 2 aromatic carbocycles. The molecule has 0 aliphatic heterocycles. The molecule has 0 aromatic heterocycles. The summed E-state index contributed by atoms with van der Waals surface area (Å²) >= 11 is 11.7. The van der Waals surface area contributed by atoms with Crippen LogP contribution in [0, 0.1) is 17.5 Å². The molecule has 1 N–H and O–H groups in total. The van der Waals surface area contributed by atoms with Crippen molar-refractivity contribution < 1.29 is 22.7 Å². The fraction of sp³-hybridized carbons (Fsp3) is 0.133. The molecule has 1 unspecified atom stereocenters. The van der Waals surface area contributed by atoms with Crippen LogP contribution in [0.3, 0.4) is 0 Å². The molecule has 23 heavy (non-hydrogen) atoms. The maximum absolute atomic E-state index is 13.5. The maximum Gasteiger partial charge on any atom is 0.265 e. The van der Waals surface area contributed by atoms with Crippen molar-refractivity contribution in [1.82, 2.24) is 0 Å². The van der Waals surface area contributed by atoms with E-state index in [4.69, 9.17) is 27.9 Å². The zero-order valence-electron chi connectivity index (χ0n) is 11.7. The van der Waals surface area contributed by atoms with Gasteiger partial charge in [-0.1, -0.05) is 23.2 Å². The molecule has 0 aliphatic carbocycles. The van der Waals surface area contributed by atoms with Crippen LogP contribution in [0.25, 0.3) is 0 Å². The van der Waals surface area contributed by atoms with Crippen molar-refractivity contribution in [1.29, 1.82) is 0 Å². The van der Waals surface area contributed by atoms with E-state index in [-0.39, 0.29) is 10.8 Å². The van der Waals surface area contributed by atoms with Crippen LogP contribution in [0.15, 0.2) is 30.3 Å². The molecular formula is C15H10Cl2F3NO2. The Balaban J connectivity index is 2.10. The molecule has 2 rings (SSSR count). The van der Waals surface area contributed by atoms with E-state index < -0.39 is 35.2 Å². The Bertz CT molecular complexity index is 756. The highest BCUT2D eigenvalue weighted by molar-refractivity contribution is 6.35. The van der Waals surface area contributed by atoms with Gasteiger partial charge < -0.3 is 10.1 Å². The summed E-state index contributed by atoms with van der Waals surface area (Å²) in [6.07, 6.45) is -1.07. The van der Waals surface area contributed by atoms with Crippen LogP contribution in [-0.4, -0.2) is 12.0 Å². The Labute approximate surface area is 140 Å². The van der Waals surface area contributed by atoms with Crippen LogP contribution < -0.4 is 10.1 Å². The molecule has 0 fully saturated rings. The Hall–Kier alpha value is -1.92. The highest BCUT2D eigenvalue weighted by Crippen LogP contribution is 2.28. The van der Waals surface area contributed by atoms with Crippen molar-refractivity contribution in [3.05, 3.63) is 57.8 Å². The van der Waals surface area contributed by atoms with Crippen LogP contribution in [-0.2, 0) is 4.79 Å². The zero-order valence-corrected chi connectivity index (χ0v) is 13.2. The van der Waals surface area contributed by atoms with E-state index in [0.717, 1.165) is 6.07 Å². The molecule has 0 saturated carbocycles. The highest BCUT2D eigenvalue weighted by atomic mass is 35.5. The van der Waals surface area contributed by atoms with Crippen LogP contribution >= 0.6 is 23.2 Å². The van der Waals surface area contributed by atoms with Crippen LogP contribution in [0.1, 0.15) is 6.92 Å². The van der Waals surface area contributed by atoms with Crippen molar-refractivity contribution in [3.63, 3.8) is 0 Å². The average molecular weight is 364 g/mol. The van der Waals surface area contributed by atoms with Gasteiger partial charge in [0.2, 0.25) is 0 Å². The molecule has 0 bridgehead atoms. The Kier molecular flexibility index (Phi) is 5.38. The quantitative estimate of drug-likeness (QED) is 0.791. The Morgan fingerprint density at radius 2 is 1.83 bits per heavy atom. The topological polar surface area (TPSA) is 38.3 Å². The first kappa shape index (κ1) is 17.4. The standard InChI is InChI=1S/C15H10Cl2F3NO2/c1-7(23-12-5-2-8(16)6-9(12)17)15(22)21-11-4-3-10(18)13(19)14(11)20/h2-7H,1H3,(H,21,22). The van der Waals surface area contributed by atoms with Gasteiger partial charge in [-0.3, -0.25) is 4.79 Å². The molecule has 122 valence electrons.